The fraction of sp³-hybridized carbons (Fsp3) is 0.357. The minimum atomic E-state index is -0.657. The molecule has 4 nitrogen and oxygen atoms in total. The third-order valence-corrected chi connectivity index (χ3v) is 2.65. The monoisotopic (exact) mass is 246 g/mol. The van der Waals surface area contributed by atoms with Crippen LogP contribution in [0.3, 0.4) is 0 Å². The molecule has 0 aromatic heterocycles. The number of nitrogens with two attached hydrogens (primary N) is 1. The lowest BCUT2D eigenvalue weighted by molar-refractivity contribution is -0.122. The molecule has 1 rings (SSSR count). The number of methoxy groups -OCH3 is 1. The summed E-state index contributed by atoms with van der Waals surface area (Å²) in [6, 6.07) is 6.72. The van der Waals surface area contributed by atoms with E-state index in [4.69, 9.17) is 16.9 Å². The summed E-state index contributed by atoms with van der Waals surface area (Å²) in [7, 11) is 1.61. The molecule has 1 aromatic rings. The number of ether oxygens (including phenoxy) is 1. The first kappa shape index (κ1) is 14.1. The van der Waals surface area contributed by atoms with Gasteiger partial charge in [-0.15, -0.1) is 12.3 Å². The maximum atomic E-state index is 11.7. The Balaban J connectivity index is 2.61. The number of carbonyl (C=O) groups is 1. The van der Waals surface area contributed by atoms with Crippen LogP contribution in [0.4, 0.5) is 0 Å². The summed E-state index contributed by atoms with van der Waals surface area (Å²) in [5.74, 6) is 2.91. The highest BCUT2D eigenvalue weighted by atomic mass is 16.5. The van der Waals surface area contributed by atoms with E-state index in [9.17, 15) is 4.79 Å². The van der Waals surface area contributed by atoms with E-state index in [1.165, 1.54) is 0 Å². The first-order valence-electron chi connectivity index (χ1n) is 5.72. The Labute approximate surface area is 108 Å². The number of nitrogens with one attached hydrogen (secondary N) is 1. The Hall–Kier alpha value is -1.99. The van der Waals surface area contributed by atoms with Crippen LogP contribution in [0.5, 0.6) is 5.75 Å². The molecule has 0 fully saturated rings. The maximum absolute atomic E-state index is 11.7. The fourth-order valence-electron chi connectivity index (χ4n) is 1.52. The fourth-order valence-corrected chi connectivity index (χ4v) is 1.52. The van der Waals surface area contributed by atoms with E-state index in [1.807, 2.05) is 31.2 Å². The van der Waals surface area contributed by atoms with E-state index in [0.29, 0.717) is 0 Å². The van der Waals surface area contributed by atoms with E-state index in [1.54, 1.807) is 7.11 Å². The van der Waals surface area contributed by atoms with Crippen LogP contribution < -0.4 is 15.8 Å². The molecule has 0 aliphatic heterocycles. The number of amides is 1. The van der Waals surface area contributed by atoms with Gasteiger partial charge >= 0.3 is 0 Å². The second-order valence-corrected chi connectivity index (χ2v) is 4.02. The molecule has 1 aromatic carbocycles. The van der Waals surface area contributed by atoms with Gasteiger partial charge in [0.1, 0.15) is 5.75 Å². The van der Waals surface area contributed by atoms with Gasteiger partial charge in [-0.2, -0.15) is 0 Å². The molecule has 3 N–H and O–H groups in total. The van der Waals surface area contributed by atoms with Crippen molar-refractivity contribution in [1.29, 1.82) is 0 Å². The third-order valence-electron chi connectivity index (χ3n) is 2.65. The Morgan fingerprint density at radius 2 is 2.11 bits per heavy atom. The van der Waals surface area contributed by atoms with Crippen LogP contribution in [0.15, 0.2) is 24.3 Å². The van der Waals surface area contributed by atoms with Gasteiger partial charge in [-0.1, -0.05) is 12.1 Å². The third kappa shape index (κ3) is 3.79. The summed E-state index contributed by atoms with van der Waals surface area (Å²) < 4.78 is 5.07. The predicted octanol–water partition coefficient (Wildman–Crippen LogP) is 1.22. The first-order chi connectivity index (χ1) is 8.58. The molecule has 1 amide bonds. The molecule has 2 atom stereocenters. The van der Waals surface area contributed by atoms with E-state index >= 15 is 0 Å². The van der Waals surface area contributed by atoms with Crippen LogP contribution in [0.2, 0.25) is 0 Å². The molecular formula is C14H18N2O2. The van der Waals surface area contributed by atoms with Gasteiger partial charge in [-0.25, -0.2) is 0 Å². The minimum Gasteiger partial charge on any atom is -0.497 e. The Morgan fingerprint density at radius 3 is 2.61 bits per heavy atom. The Bertz CT molecular complexity index is 434. The molecule has 0 spiro atoms. The van der Waals surface area contributed by atoms with Crippen LogP contribution >= 0.6 is 0 Å². The van der Waals surface area contributed by atoms with Gasteiger partial charge in [-0.3, -0.25) is 4.79 Å². The maximum Gasteiger partial charge on any atom is 0.238 e. The van der Waals surface area contributed by atoms with Crippen LogP contribution in [-0.4, -0.2) is 19.1 Å². The predicted molar refractivity (Wildman–Crippen MR) is 71.0 cm³/mol. The zero-order chi connectivity index (χ0) is 13.5. The number of benzene rings is 1. The Kier molecular flexibility index (Phi) is 5.22. The standard InChI is InChI=1S/C14H18N2O2/c1-4-5-13(15)14(17)16-10(2)11-6-8-12(18-3)9-7-11/h1,6-10,13H,5,15H2,2-3H3,(H,16,17)/t10-,13?/m0/s1. The van der Waals surface area contributed by atoms with Crippen molar-refractivity contribution in [3.63, 3.8) is 0 Å². The number of rotatable bonds is 5. The van der Waals surface area contributed by atoms with E-state index in [-0.39, 0.29) is 18.4 Å². The van der Waals surface area contributed by atoms with Gasteiger partial charge in [0.15, 0.2) is 0 Å². The van der Waals surface area contributed by atoms with Crippen molar-refractivity contribution in [2.24, 2.45) is 5.73 Å². The van der Waals surface area contributed by atoms with Crippen molar-refractivity contribution in [2.45, 2.75) is 25.4 Å². The molecular weight excluding hydrogens is 228 g/mol. The van der Waals surface area contributed by atoms with Crippen molar-refractivity contribution in [1.82, 2.24) is 5.32 Å². The number of hydrogen-bond donors (Lipinski definition) is 2. The number of terminal acetylenes is 1. The van der Waals surface area contributed by atoms with E-state index in [0.717, 1.165) is 11.3 Å². The van der Waals surface area contributed by atoms with Crippen LogP contribution in [0.1, 0.15) is 24.9 Å². The molecule has 0 bridgehead atoms. The Morgan fingerprint density at radius 1 is 1.50 bits per heavy atom. The van der Waals surface area contributed by atoms with Crippen molar-refractivity contribution in [3.8, 4) is 18.1 Å². The highest BCUT2D eigenvalue weighted by Crippen LogP contribution is 2.17. The second kappa shape index (κ2) is 6.67. The van der Waals surface area contributed by atoms with Gasteiger partial charge in [0.2, 0.25) is 5.91 Å². The van der Waals surface area contributed by atoms with Gasteiger partial charge in [0.25, 0.3) is 0 Å². The molecule has 4 heteroatoms. The SMILES string of the molecule is C#CCC(N)C(=O)N[C@@H](C)c1ccc(OC)cc1. The largest absolute Gasteiger partial charge is 0.497 e. The normalized spacial score (nSPS) is 13.2. The lowest BCUT2D eigenvalue weighted by atomic mass is 10.1. The van der Waals surface area contributed by atoms with Crippen LogP contribution in [-0.2, 0) is 4.79 Å². The summed E-state index contributed by atoms with van der Waals surface area (Å²) in [6.07, 6.45) is 5.35. The molecule has 18 heavy (non-hydrogen) atoms. The summed E-state index contributed by atoms with van der Waals surface area (Å²) in [5.41, 5.74) is 6.61. The van der Waals surface area contributed by atoms with Gasteiger partial charge in [0.05, 0.1) is 19.2 Å². The summed E-state index contributed by atoms with van der Waals surface area (Å²) in [5, 5.41) is 2.82. The average Bonchev–Trinajstić information content (AvgIpc) is 2.39. The smallest absolute Gasteiger partial charge is 0.238 e. The van der Waals surface area contributed by atoms with Crippen molar-refractivity contribution in [3.05, 3.63) is 29.8 Å². The van der Waals surface area contributed by atoms with Crippen molar-refractivity contribution in [2.75, 3.05) is 7.11 Å². The molecule has 0 saturated heterocycles. The quantitative estimate of drug-likeness (QED) is 0.768. The summed E-state index contributed by atoms with van der Waals surface area (Å²) in [4.78, 5) is 11.7. The first-order valence-corrected chi connectivity index (χ1v) is 5.72. The topological polar surface area (TPSA) is 64.4 Å². The molecule has 0 saturated carbocycles. The lowest BCUT2D eigenvalue weighted by Crippen LogP contribution is -2.41. The zero-order valence-electron chi connectivity index (χ0n) is 10.6. The van der Waals surface area contributed by atoms with E-state index < -0.39 is 6.04 Å². The molecule has 1 unspecified atom stereocenters. The molecule has 96 valence electrons. The van der Waals surface area contributed by atoms with Crippen LogP contribution in [0, 0.1) is 12.3 Å². The highest BCUT2D eigenvalue weighted by Gasteiger charge is 2.15. The molecule has 0 aliphatic rings. The second-order valence-electron chi connectivity index (χ2n) is 4.02. The summed E-state index contributed by atoms with van der Waals surface area (Å²) in [6.45, 7) is 1.89. The molecule has 0 radical (unpaired) electrons. The average molecular weight is 246 g/mol. The van der Waals surface area contributed by atoms with Gasteiger partial charge < -0.3 is 15.8 Å². The van der Waals surface area contributed by atoms with Gasteiger partial charge in [-0.05, 0) is 24.6 Å². The number of hydrogen-bond acceptors (Lipinski definition) is 3. The van der Waals surface area contributed by atoms with Crippen molar-refractivity contribution >= 4 is 5.91 Å². The molecule has 0 aliphatic carbocycles. The van der Waals surface area contributed by atoms with Crippen molar-refractivity contribution < 1.29 is 9.53 Å². The van der Waals surface area contributed by atoms with Crippen LogP contribution in [0.25, 0.3) is 0 Å². The lowest BCUT2D eigenvalue weighted by Gasteiger charge is -2.17. The number of carbonyl (C=O) groups excluding carboxylic acids is 1. The minimum absolute atomic E-state index is 0.118. The molecule has 0 heterocycles. The van der Waals surface area contributed by atoms with Gasteiger partial charge in [0, 0.05) is 6.42 Å². The zero-order valence-corrected chi connectivity index (χ0v) is 10.6. The summed E-state index contributed by atoms with van der Waals surface area (Å²) >= 11 is 0. The highest BCUT2D eigenvalue weighted by molar-refractivity contribution is 5.82. The van der Waals surface area contributed by atoms with E-state index in [2.05, 4.69) is 11.2 Å².